The molecule has 8 heteroatoms. The number of pyridine rings is 1. The molecule has 0 spiro atoms. The van der Waals surface area contributed by atoms with Crippen LogP contribution < -0.4 is 20.6 Å². The molecule has 2 N–H and O–H groups in total. The van der Waals surface area contributed by atoms with Crippen molar-refractivity contribution in [2.24, 2.45) is 0 Å². The molecule has 0 aliphatic carbocycles. The molecular formula is C20H21N5O3. The lowest BCUT2D eigenvalue weighted by atomic mass is 10.1. The summed E-state index contributed by atoms with van der Waals surface area (Å²) in [6.07, 6.45) is 3.45. The second-order valence-corrected chi connectivity index (χ2v) is 7.28. The third-order valence-electron chi connectivity index (χ3n) is 5.47. The maximum absolute atomic E-state index is 12.7. The Bertz CT molecular complexity index is 1130. The Kier molecular flexibility index (Phi) is 3.85. The highest BCUT2D eigenvalue weighted by Crippen LogP contribution is 2.31. The first kappa shape index (κ1) is 16.9. The van der Waals surface area contributed by atoms with Crippen LogP contribution in [0.15, 0.2) is 35.3 Å². The van der Waals surface area contributed by atoms with Crippen molar-refractivity contribution in [3.05, 3.63) is 46.5 Å². The maximum Gasteiger partial charge on any atom is 0.332 e. The third-order valence-corrected chi connectivity index (χ3v) is 5.47. The molecule has 0 saturated carbocycles. The van der Waals surface area contributed by atoms with Crippen molar-refractivity contribution in [2.75, 3.05) is 24.6 Å². The fourth-order valence-corrected chi connectivity index (χ4v) is 4.04. The summed E-state index contributed by atoms with van der Waals surface area (Å²) in [5.74, 6) is 0.543. The van der Waals surface area contributed by atoms with Crippen molar-refractivity contribution in [1.82, 2.24) is 19.9 Å². The average Bonchev–Trinajstić information content (AvgIpc) is 2.98. The van der Waals surface area contributed by atoms with Gasteiger partial charge in [-0.15, -0.1) is 0 Å². The van der Waals surface area contributed by atoms with Gasteiger partial charge >= 0.3 is 5.69 Å². The van der Waals surface area contributed by atoms with Crippen LogP contribution in [0.4, 0.5) is 5.69 Å². The van der Waals surface area contributed by atoms with E-state index in [0.717, 1.165) is 25.1 Å². The minimum Gasteiger partial charge on any atom is -0.491 e. The summed E-state index contributed by atoms with van der Waals surface area (Å²) >= 11 is 0. The zero-order chi connectivity index (χ0) is 19.3. The standard InChI is InChI=1S/C20H21N5O3/c1-12-11-22-19(26)14-5-4-13-10-15(14)24(12)8-2-3-9-28-16-6-7-21-18-17(16)25(13)20(27)23-18/h4-7,10,12H,2-3,8-9,11H2,1H3,(H,22,26)(H,21,23,27). The molecule has 4 heterocycles. The zero-order valence-corrected chi connectivity index (χ0v) is 15.6. The number of H-pyrrole nitrogens is 1. The number of nitrogens with one attached hydrogen (secondary N) is 2. The Hall–Kier alpha value is -3.29. The quantitative estimate of drug-likeness (QED) is 0.622. The number of imidazole rings is 1. The summed E-state index contributed by atoms with van der Waals surface area (Å²) < 4.78 is 7.56. The monoisotopic (exact) mass is 379 g/mol. The normalized spacial score (nSPS) is 19.2. The van der Waals surface area contributed by atoms with Gasteiger partial charge in [-0.25, -0.2) is 9.78 Å². The van der Waals surface area contributed by atoms with Crippen molar-refractivity contribution in [2.45, 2.75) is 25.8 Å². The van der Waals surface area contributed by atoms with E-state index in [2.05, 4.69) is 27.1 Å². The molecule has 28 heavy (non-hydrogen) atoms. The van der Waals surface area contributed by atoms with Crippen LogP contribution in [-0.2, 0) is 0 Å². The Balaban J connectivity index is 1.80. The molecule has 1 aromatic carbocycles. The summed E-state index contributed by atoms with van der Waals surface area (Å²) in [4.78, 5) is 34.6. The van der Waals surface area contributed by atoms with Crippen LogP contribution in [0.1, 0.15) is 30.1 Å². The molecule has 144 valence electrons. The van der Waals surface area contributed by atoms with E-state index in [1.807, 2.05) is 6.07 Å². The Labute approximate surface area is 161 Å². The highest BCUT2D eigenvalue weighted by atomic mass is 16.5. The van der Waals surface area contributed by atoms with Crippen LogP contribution in [0.5, 0.6) is 5.75 Å². The predicted octanol–water partition coefficient (Wildman–Crippen LogP) is 1.82. The molecule has 1 atom stereocenters. The number of carbonyl (C=O) groups excluding carboxylic acids is 1. The first-order valence-corrected chi connectivity index (χ1v) is 9.55. The maximum atomic E-state index is 12.7. The SMILES string of the molecule is CC1CNC(=O)c2ccc3cc2N1CCCCOc1ccnc2[nH]c(=O)n-3c12. The van der Waals surface area contributed by atoms with E-state index in [9.17, 15) is 9.59 Å². The molecule has 8 nitrogen and oxygen atoms in total. The van der Waals surface area contributed by atoms with Crippen LogP contribution in [-0.4, -0.2) is 46.2 Å². The van der Waals surface area contributed by atoms with Crippen LogP contribution in [0.3, 0.4) is 0 Å². The summed E-state index contributed by atoms with van der Waals surface area (Å²) in [5, 5.41) is 2.99. The van der Waals surface area contributed by atoms with Gasteiger partial charge in [-0.05, 0) is 38.0 Å². The number of aromatic amines is 1. The number of rotatable bonds is 0. The van der Waals surface area contributed by atoms with Gasteiger partial charge in [0.1, 0.15) is 11.3 Å². The van der Waals surface area contributed by atoms with Crippen LogP contribution in [0, 0.1) is 0 Å². The van der Waals surface area contributed by atoms with Crippen LogP contribution in [0.2, 0.25) is 0 Å². The average molecular weight is 379 g/mol. The van der Waals surface area contributed by atoms with Gasteiger partial charge in [-0.3, -0.25) is 14.3 Å². The fourth-order valence-electron chi connectivity index (χ4n) is 4.04. The van der Waals surface area contributed by atoms with Gasteiger partial charge in [0.15, 0.2) is 5.65 Å². The molecule has 2 aliphatic heterocycles. The largest absolute Gasteiger partial charge is 0.491 e. The van der Waals surface area contributed by atoms with E-state index in [1.54, 1.807) is 29.0 Å². The van der Waals surface area contributed by atoms with Gasteiger partial charge in [0.05, 0.1) is 23.5 Å². The third kappa shape index (κ3) is 2.56. The minimum atomic E-state index is -0.284. The van der Waals surface area contributed by atoms with E-state index in [0.29, 0.717) is 41.3 Å². The van der Waals surface area contributed by atoms with Crippen molar-refractivity contribution < 1.29 is 9.53 Å². The number of fused-ring (bicyclic) bond motifs is 2. The van der Waals surface area contributed by atoms with E-state index < -0.39 is 0 Å². The summed E-state index contributed by atoms with van der Waals surface area (Å²) in [5.41, 5.74) is 2.98. The first-order chi connectivity index (χ1) is 13.6. The van der Waals surface area contributed by atoms with E-state index in [1.165, 1.54) is 0 Å². The number of nitrogens with zero attached hydrogens (tertiary/aromatic N) is 3. The van der Waals surface area contributed by atoms with Gasteiger partial charge < -0.3 is 15.0 Å². The summed E-state index contributed by atoms with van der Waals surface area (Å²) in [6.45, 7) is 4.06. The number of aromatic nitrogens is 3. The van der Waals surface area contributed by atoms with Gasteiger partial charge in [-0.1, -0.05) is 0 Å². The highest BCUT2D eigenvalue weighted by Gasteiger charge is 2.27. The van der Waals surface area contributed by atoms with Crippen molar-refractivity contribution in [3.63, 3.8) is 0 Å². The lowest BCUT2D eigenvalue weighted by Gasteiger charge is -2.30. The second kappa shape index (κ2) is 6.40. The Morgan fingerprint density at radius 3 is 3.00 bits per heavy atom. The number of ether oxygens (including phenoxy) is 1. The van der Waals surface area contributed by atoms with E-state index in [4.69, 9.17) is 4.74 Å². The van der Waals surface area contributed by atoms with Crippen molar-refractivity contribution in [3.8, 4) is 11.4 Å². The molecule has 5 rings (SSSR count). The first-order valence-electron chi connectivity index (χ1n) is 9.55. The molecule has 2 bridgehead atoms. The Morgan fingerprint density at radius 1 is 1.21 bits per heavy atom. The Morgan fingerprint density at radius 2 is 2.11 bits per heavy atom. The molecule has 2 aliphatic rings. The number of benzene rings is 1. The van der Waals surface area contributed by atoms with Crippen molar-refractivity contribution in [1.29, 1.82) is 0 Å². The molecule has 1 unspecified atom stereocenters. The summed E-state index contributed by atoms with van der Waals surface area (Å²) in [6, 6.07) is 7.44. The number of hydrogen-bond donors (Lipinski definition) is 2. The minimum absolute atomic E-state index is 0.0834. The topological polar surface area (TPSA) is 92.2 Å². The van der Waals surface area contributed by atoms with Gasteiger partial charge in [0.25, 0.3) is 5.91 Å². The smallest absolute Gasteiger partial charge is 0.332 e. The molecule has 1 amide bonds. The summed E-state index contributed by atoms with van der Waals surface area (Å²) in [7, 11) is 0. The fraction of sp³-hybridized carbons (Fsp3) is 0.350. The molecule has 0 fully saturated rings. The number of amides is 1. The molecule has 0 radical (unpaired) electrons. The second-order valence-electron chi connectivity index (χ2n) is 7.28. The van der Waals surface area contributed by atoms with Gasteiger partial charge in [0, 0.05) is 31.4 Å². The van der Waals surface area contributed by atoms with Crippen LogP contribution >= 0.6 is 0 Å². The van der Waals surface area contributed by atoms with Gasteiger partial charge in [0.2, 0.25) is 0 Å². The highest BCUT2D eigenvalue weighted by molar-refractivity contribution is 6.01. The van der Waals surface area contributed by atoms with E-state index in [-0.39, 0.29) is 17.6 Å². The molecule has 0 saturated heterocycles. The van der Waals surface area contributed by atoms with Crippen LogP contribution in [0.25, 0.3) is 16.9 Å². The molecule has 2 aromatic heterocycles. The number of hydrogen-bond acceptors (Lipinski definition) is 5. The predicted molar refractivity (Wildman–Crippen MR) is 106 cm³/mol. The lowest BCUT2D eigenvalue weighted by Crippen LogP contribution is -2.39. The molecule has 3 aromatic rings. The lowest BCUT2D eigenvalue weighted by molar-refractivity contribution is 0.0955. The van der Waals surface area contributed by atoms with E-state index >= 15 is 0 Å². The zero-order valence-electron chi connectivity index (χ0n) is 15.6. The van der Waals surface area contributed by atoms with Gasteiger partial charge in [-0.2, -0.15) is 0 Å². The number of anilines is 1. The number of carbonyl (C=O) groups is 1. The molecular weight excluding hydrogens is 358 g/mol. The van der Waals surface area contributed by atoms with Crippen molar-refractivity contribution >= 4 is 22.8 Å².